The fourth-order valence-electron chi connectivity index (χ4n) is 1.45. The molecule has 0 aliphatic carbocycles. The Hall–Kier alpha value is -1.89. The number of amides is 1. The Kier molecular flexibility index (Phi) is 4.16. The summed E-state index contributed by atoms with van der Waals surface area (Å²) in [6, 6.07) is 4.29. The SMILES string of the molecule is Cc1ccc(F)cc1NC(=O)C(C)Sc1cn[nH]n1. The van der Waals surface area contributed by atoms with E-state index in [9.17, 15) is 9.18 Å². The van der Waals surface area contributed by atoms with Gasteiger partial charge in [0.1, 0.15) is 10.8 Å². The van der Waals surface area contributed by atoms with Gasteiger partial charge in [0, 0.05) is 5.69 Å². The predicted octanol–water partition coefficient (Wildman–Crippen LogP) is 2.37. The van der Waals surface area contributed by atoms with Gasteiger partial charge in [0.15, 0.2) is 0 Å². The third kappa shape index (κ3) is 3.54. The number of nitrogens with zero attached hydrogens (tertiary/aromatic N) is 2. The summed E-state index contributed by atoms with van der Waals surface area (Å²) < 4.78 is 13.1. The minimum atomic E-state index is -0.377. The Balaban J connectivity index is 2.02. The standard InChI is InChI=1S/C12H13FN4OS/c1-7-3-4-9(13)5-10(7)15-12(18)8(2)19-11-6-14-17-16-11/h3-6,8H,1-2H3,(H,15,18)(H,14,16,17). The molecule has 2 rings (SSSR count). The van der Waals surface area contributed by atoms with E-state index in [1.54, 1.807) is 19.2 Å². The molecule has 0 bridgehead atoms. The molecule has 5 nitrogen and oxygen atoms in total. The number of hydrogen-bond acceptors (Lipinski definition) is 4. The van der Waals surface area contributed by atoms with Crippen molar-refractivity contribution in [2.24, 2.45) is 0 Å². The van der Waals surface area contributed by atoms with Crippen LogP contribution in [0.1, 0.15) is 12.5 Å². The highest BCUT2D eigenvalue weighted by molar-refractivity contribution is 8.00. The summed E-state index contributed by atoms with van der Waals surface area (Å²) in [5, 5.41) is 13.0. The van der Waals surface area contributed by atoms with Gasteiger partial charge < -0.3 is 5.32 Å². The number of carbonyl (C=O) groups is 1. The lowest BCUT2D eigenvalue weighted by atomic mass is 10.2. The summed E-state index contributed by atoms with van der Waals surface area (Å²) in [5.74, 6) is -0.584. The van der Waals surface area contributed by atoms with Crippen LogP contribution in [0.4, 0.5) is 10.1 Å². The van der Waals surface area contributed by atoms with Crippen LogP contribution in [-0.2, 0) is 4.79 Å². The number of rotatable bonds is 4. The Morgan fingerprint density at radius 2 is 2.32 bits per heavy atom. The van der Waals surface area contributed by atoms with Crippen LogP contribution >= 0.6 is 11.8 Å². The largest absolute Gasteiger partial charge is 0.325 e. The van der Waals surface area contributed by atoms with E-state index in [1.807, 2.05) is 6.92 Å². The molecule has 1 heterocycles. The van der Waals surface area contributed by atoms with Crippen molar-refractivity contribution in [2.75, 3.05) is 5.32 Å². The predicted molar refractivity (Wildman–Crippen MR) is 71.5 cm³/mol. The first-order chi connectivity index (χ1) is 9.06. The first-order valence-corrected chi connectivity index (χ1v) is 6.53. The average molecular weight is 280 g/mol. The molecule has 1 amide bonds. The molecule has 7 heteroatoms. The van der Waals surface area contributed by atoms with E-state index < -0.39 is 0 Å². The quantitative estimate of drug-likeness (QED) is 0.843. The van der Waals surface area contributed by atoms with Crippen LogP contribution in [0.15, 0.2) is 29.4 Å². The second kappa shape index (κ2) is 5.83. The average Bonchev–Trinajstić information content (AvgIpc) is 2.86. The number of hydrogen-bond donors (Lipinski definition) is 2. The molecule has 1 atom stereocenters. The van der Waals surface area contributed by atoms with Gasteiger partial charge >= 0.3 is 0 Å². The molecule has 0 aliphatic heterocycles. The Morgan fingerprint density at radius 1 is 1.53 bits per heavy atom. The van der Waals surface area contributed by atoms with Crippen LogP contribution in [0.25, 0.3) is 0 Å². The van der Waals surface area contributed by atoms with Crippen molar-refractivity contribution >= 4 is 23.4 Å². The molecule has 1 aromatic heterocycles. The van der Waals surface area contributed by atoms with Crippen LogP contribution < -0.4 is 5.32 Å². The molecule has 0 radical (unpaired) electrons. The highest BCUT2D eigenvalue weighted by atomic mass is 32.2. The van der Waals surface area contributed by atoms with E-state index in [0.29, 0.717) is 10.7 Å². The number of H-pyrrole nitrogens is 1. The number of halogens is 1. The lowest BCUT2D eigenvalue weighted by molar-refractivity contribution is -0.115. The lowest BCUT2D eigenvalue weighted by Gasteiger charge is -2.12. The normalized spacial score (nSPS) is 12.2. The molecule has 2 aromatic rings. The maximum Gasteiger partial charge on any atom is 0.237 e. The van der Waals surface area contributed by atoms with Crippen molar-refractivity contribution in [1.82, 2.24) is 15.4 Å². The van der Waals surface area contributed by atoms with Crippen LogP contribution in [0, 0.1) is 12.7 Å². The monoisotopic (exact) mass is 280 g/mol. The summed E-state index contributed by atoms with van der Waals surface area (Å²) in [6.45, 7) is 3.56. The molecule has 1 aromatic carbocycles. The lowest BCUT2D eigenvalue weighted by Crippen LogP contribution is -2.22. The number of thioether (sulfide) groups is 1. The maximum absolute atomic E-state index is 13.1. The highest BCUT2D eigenvalue weighted by Gasteiger charge is 2.16. The van der Waals surface area contributed by atoms with Gasteiger partial charge in [-0.3, -0.25) is 4.79 Å². The summed E-state index contributed by atoms with van der Waals surface area (Å²) in [6.07, 6.45) is 1.54. The van der Waals surface area contributed by atoms with Crippen molar-refractivity contribution in [3.8, 4) is 0 Å². The number of anilines is 1. The number of aromatic nitrogens is 3. The fourth-order valence-corrected chi connectivity index (χ4v) is 2.18. The van der Waals surface area contributed by atoms with Gasteiger partial charge in [0.25, 0.3) is 0 Å². The van der Waals surface area contributed by atoms with E-state index >= 15 is 0 Å². The second-order valence-electron chi connectivity index (χ2n) is 4.02. The van der Waals surface area contributed by atoms with Crippen LogP contribution in [0.3, 0.4) is 0 Å². The Morgan fingerprint density at radius 3 is 3.00 bits per heavy atom. The van der Waals surface area contributed by atoms with Crippen molar-refractivity contribution in [2.45, 2.75) is 24.1 Å². The van der Waals surface area contributed by atoms with E-state index in [-0.39, 0.29) is 17.0 Å². The Labute approximate surface area is 114 Å². The molecule has 0 aliphatic rings. The molecular formula is C12H13FN4OS. The van der Waals surface area contributed by atoms with Crippen LogP contribution in [0.5, 0.6) is 0 Å². The third-order valence-corrected chi connectivity index (χ3v) is 3.52. The summed E-state index contributed by atoms with van der Waals surface area (Å²) in [5.41, 5.74) is 1.30. The number of nitrogens with one attached hydrogen (secondary N) is 2. The highest BCUT2D eigenvalue weighted by Crippen LogP contribution is 2.22. The zero-order valence-corrected chi connectivity index (χ0v) is 11.3. The van der Waals surface area contributed by atoms with Gasteiger partial charge in [-0.25, -0.2) is 4.39 Å². The maximum atomic E-state index is 13.1. The minimum absolute atomic E-state index is 0.207. The van der Waals surface area contributed by atoms with Gasteiger partial charge in [-0.15, -0.1) is 5.10 Å². The molecule has 19 heavy (non-hydrogen) atoms. The first kappa shape index (κ1) is 13.5. The summed E-state index contributed by atoms with van der Waals surface area (Å²) in [7, 11) is 0. The fraction of sp³-hybridized carbons (Fsp3) is 0.250. The zero-order chi connectivity index (χ0) is 13.8. The molecule has 2 N–H and O–H groups in total. The van der Waals surface area contributed by atoms with E-state index in [2.05, 4.69) is 20.7 Å². The Bertz CT molecular complexity index is 573. The molecule has 0 spiro atoms. The summed E-state index contributed by atoms with van der Waals surface area (Å²) in [4.78, 5) is 12.0. The number of carbonyl (C=O) groups excluding carboxylic acids is 1. The molecular weight excluding hydrogens is 267 g/mol. The van der Waals surface area contributed by atoms with E-state index in [4.69, 9.17) is 0 Å². The van der Waals surface area contributed by atoms with Crippen LogP contribution in [-0.4, -0.2) is 26.6 Å². The van der Waals surface area contributed by atoms with Gasteiger partial charge in [-0.1, -0.05) is 17.8 Å². The zero-order valence-electron chi connectivity index (χ0n) is 10.5. The third-order valence-electron chi connectivity index (χ3n) is 2.52. The van der Waals surface area contributed by atoms with Gasteiger partial charge in [0.2, 0.25) is 5.91 Å². The smallest absolute Gasteiger partial charge is 0.237 e. The minimum Gasteiger partial charge on any atom is -0.325 e. The second-order valence-corrected chi connectivity index (χ2v) is 5.38. The molecule has 1 unspecified atom stereocenters. The van der Waals surface area contributed by atoms with Crippen molar-refractivity contribution in [3.63, 3.8) is 0 Å². The summed E-state index contributed by atoms with van der Waals surface area (Å²) >= 11 is 1.28. The van der Waals surface area contributed by atoms with E-state index in [1.165, 1.54) is 23.9 Å². The molecule has 100 valence electrons. The van der Waals surface area contributed by atoms with Crippen molar-refractivity contribution in [3.05, 3.63) is 35.8 Å². The topological polar surface area (TPSA) is 70.7 Å². The van der Waals surface area contributed by atoms with Crippen molar-refractivity contribution in [1.29, 1.82) is 0 Å². The molecule has 0 fully saturated rings. The van der Waals surface area contributed by atoms with Gasteiger partial charge in [-0.2, -0.15) is 10.3 Å². The van der Waals surface area contributed by atoms with Gasteiger partial charge in [-0.05, 0) is 31.5 Å². The van der Waals surface area contributed by atoms with E-state index in [0.717, 1.165) is 5.56 Å². The van der Waals surface area contributed by atoms with Crippen molar-refractivity contribution < 1.29 is 9.18 Å². The number of benzene rings is 1. The van der Waals surface area contributed by atoms with Gasteiger partial charge in [0.05, 0.1) is 11.4 Å². The molecule has 0 saturated carbocycles. The van der Waals surface area contributed by atoms with Crippen LogP contribution in [0.2, 0.25) is 0 Å². The molecule has 0 saturated heterocycles. The number of aryl methyl sites for hydroxylation is 1. The first-order valence-electron chi connectivity index (χ1n) is 5.65. The number of aromatic amines is 1.